The number of rotatable bonds is 5. The second-order valence-corrected chi connectivity index (χ2v) is 5.91. The summed E-state index contributed by atoms with van der Waals surface area (Å²) in [4.78, 5) is 2.28. The predicted molar refractivity (Wildman–Crippen MR) is 82.9 cm³/mol. The molecular weight excluding hydrogens is 281 g/mol. The van der Waals surface area contributed by atoms with E-state index in [0.717, 1.165) is 25.1 Å². The predicted octanol–water partition coefficient (Wildman–Crippen LogP) is 2.39. The van der Waals surface area contributed by atoms with E-state index in [1.807, 2.05) is 23.0 Å². The van der Waals surface area contributed by atoms with Crippen molar-refractivity contribution in [1.29, 1.82) is 0 Å². The number of benzene rings is 1. The second-order valence-electron chi connectivity index (χ2n) is 5.91. The van der Waals surface area contributed by atoms with E-state index in [1.54, 1.807) is 0 Å². The third-order valence-electron chi connectivity index (χ3n) is 4.33. The zero-order valence-electron chi connectivity index (χ0n) is 12.8. The lowest BCUT2D eigenvalue weighted by molar-refractivity contribution is 0.175. The molecule has 2 heterocycles. The van der Waals surface area contributed by atoms with Crippen LogP contribution in [0.3, 0.4) is 0 Å². The SMILES string of the molecule is CCn1cc(CCN2C[C@@H](O)C[C@H]2c2ccc(F)cc2)cn1. The molecule has 1 N–H and O–H groups in total. The Hall–Kier alpha value is -1.72. The molecule has 2 atom stereocenters. The maximum Gasteiger partial charge on any atom is 0.123 e. The van der Waals surface area contributed by atoms with Gasteiger partial charge < -0.3 is 5.11 Å². The van der Waals surface area contributed by atoms with Crippen LogP contribution in [0, 0.1) is 5.82 Å². The molecule has 22 heavy (non-hydrogen) atoms. The van der Waals surface area contributed by atoms with Crippen molar-refractivity contribution in [3.8, 4) is 0 Å². The van der Waals surface area contributed by atoms with Crippen molar-refractivity contribution < 1.29 is 9.50 Å². The molecule has 1 aromatic carbocycles. The van der Waals surface area contributed by atoms with Crippen LogP contribution in [0.15, 0.2) is 36.7 Å². The second kappa shape index (κ2) is 6.58. The van der Waals surface area contributed by atoms with Crippen LogP contribution in [0.5, 0.6) is 0 Å². The first-order valence-electron chi connectivity index (χ1n) is 7.84. The number of aliphatic hydroxyl groups excluding tert-OH is 1. The van der Waals surface area contributed by atoms with E-state index in [1.165, 1.54) is 17.7 Å². The normalized spacial score (nSPS) is 22.3. The Kier molecular flexibility index (Phi) is 4.55. The van der Waals surface area contributed by atoms with Gasteiger partial charge in [-0.2, -0.15) is 5.10 Å². The van der Waals surface area contributed by atoms with E-state index in [4.69, 9.17) is 0 Å². The number of nitrogens with zero attached hydrogens (tertiary/aromatic N) is 3. The Morgan fingerprint density at radius 1 is 1.32 bits per heavy atom. The molecule has 4 nitrogen and oxygen atoms in total. The van der Waals surface area contributed by atoms with E-state index in [0.29, 0.717) is 13.0 Å². The number of hydrogen-bond acceptors (Lipinski definition) is 3. The van der Waals surface area contributed by atoms with Crippen molar-refractivity contribution in [1.82, 2.24) is 14.7 Å². The van der Waals surface area contributed by atoms with Crippen LogP contribution < -0.4 is 0 Å². The molecule has 1 aliphatic heterocycles. The van der Waals surface area contributed by atoms with Crippen molar-refractivity contribution >= 4 is 0 Å². The van der Waals surface area contributed by atoms with Gasteiger partial charge >= 0.3 is 0 Å². The molecule has 0 aliphatic carbocycles. The highest BCUT2D eigenvalue weighted by Gasteiger charge is 2.31. The number of aryl methyl sites for hydroxylation is 1. The molecule has 0 saturated carbocycles. The van der Waals surface area contributed by atoms with Crippen molar-refractivity contribution in [2.45, 2.75) is 38.5 Å². The quantitative estimate of drug-likeness (QED) is 0.922. The molecule has 0 unspecified atom stereocenters. The molecule has 0 bridgehead atoms. The molecule has 2 aromatic rings. The molecule has 5 heteroatoms. The van der Waals surface area contributed by atoms with Gasteiger partial charge in [0.25, 0.3) is 0 Å². The Bertz CT molecular complexity index is 611. The van der Waals surface area contributed by atoms with Gasteiger partial charge in [-0.15, -0.1) is 0 Å². The van der Waals surface area contributed by atoms with Gasteiger partial charge in [0.05, 0.1) is 12.3 Å². The van der Waals surface area contributed by atoms with Crippen LogP contribution in [0.1, 0.15) is 30.5 Å². The summed E-state index contributed by atoms with van der Waals surface area (Å²) >= 11 is 0. The maximum atomic E-state index is 13.1. The van der Waals surface area contributed by atoms with Crippen LogP contribution in [0.4, 0.5) is 4.39 Å². The largest absolute Gasteiger partial charge is 0.392 e. The lowest BCUT2D eigenvalue weighted by Gasteiger charge is -2.24. The summed E-state index contributed by atoms with van der Waals surface area (Å²) in [5, 5.41) is 14.3. The highest BCUT2D eigenvalue weighted by Crippen LogP contribution is 2.32. The highest BCUT2D eigenvalue weighted by molar-refractivity contribution is 5.21. The maximum absolute atomic E-state index is 13.1. The van der Waals surface area contributed by atoms with Crippen molar-refractivity contribution in [3.63, 3.8) is 0 Å². The van der Waals surface area contributed by atoms with E-state index >= 15 is 0 Å². The molecule has 1 fully saturated rings. The first-order valence-corrected chi connectivity index (χ1v) is 7.84. The lowest BCUT2D eigenvalue weighted by Crippen LogP contribution is -2.27. The smallest absolute Gasteiger partial charge is 0.123 e. The van der Waals surface area contributed by atoms with Gasteiger partial charge in [0, 0.05) is 31.9 Å². The highest BCUT2D eigenvalue weighted by atomic mass is 19.1. The minimum atomic E-state index is -0.312. The average molecular weight is 303 g/mol. The van der Waals surface area contributed by atoms with E-state index in [2.05, 4.69) is 23.1 Å². The summed E-state index contributed by atoms with van der Waals surface area (Å²) < 4.78 is 15.0. The third-order valence-corrected chi connectivity index (χ3v) is 4.33. The molecule has 1 aliphatic rings. The van der Waals surface area contributed by atoms with Gasteiger partial charge in [-0.25, -0.2) is 4.39 Å². The van der Waals surface area contributed by atoms with Crippen LogP contribution >= 0.6 is 0 Å². The van der Waals surface area contributed by atoms with Crippen molar-refractivity contribution in [2.24, 2.45) is 0 Å². The summed E-state index contributed by atoms with van der Waals surface area (Å²) in [6.07, 6.45) is 5.28. The van der Waals surface area contributed by atoms with Crippen LogP contribution in [-0.2, 0) is 13.0 Å². The number of hydrogen-bond donors (Lipinski definition) is 1. The van der Waals surface area contributed by atoms with Gasteiger partial charge in [-0.05, 0) is 43.0 Å². The first-order chi connectivity index (χ1) is 10.7. The van der Waals surface area contributed by atoms with Gasteiger partial charge in [-0.1, -0.05) is 12.1 Å². The lowest BCUT2D eigenvalue weighted by atomic mass is 10.0. The summed E-state index contributed by atoms with van der Waals surface area (Å²) in [6, 6.07) is 6.78. The zero-order valence-corrected chi connectivity index (χ0v) is 12.8. The minimum Gasteiger partial charge on any atom is -0.392 e. The van der Waals surface area contributed by atoms with Gasteiger partial charge in [-0.3, -0.25) is 9.58 Å². The molecule has 1 aromatic heterocycles. The third kappa shape index (κ3) is 3.36. The number of halogens is 1. The minimum absolute atomic E-state index is 0.164. The van der Waals surface area contributed by atoms with Crippen LogP contribution in [0.25, 0.3) is 0 Å². The fourth-order valence-electron chi connectivity index (χ4n) is 3.14. The monoisotopic (exact) mass is 303 g/mol. The Morgan fingerprint density at radius 3 is 2.77 bits per heavy atom. The summed E-state index contributed by atoms with van der Waals surface area (Å²) in [5.74, 6) is -0.221. The van der Waals surface area contributed by atoms with Crippen molar-refractivity contribution in [3.05, 3.63) is 53.6 Å². The summed E-state index contributed by atoms with van der Waals surface area (Å²) in [7, 11) is 0. The average Bonchev–Trinajstić information content (AvgIpc) is 3.12. The Balaban J connectivity index is 1.66. The molecule has 0 radical (unpaired) electrons. The number of β-amino-alcohol motifs (C(OH)–C–C–N with tert-alkyl or cyclic N) is 1. The fraction of sp³-hybridized carbons (Fsp3) is 0.471. The van der Waals surface area contributed by atoms with Crippen LogP contribution in [0.2, 0.25) is 0 Å². The summed E-state index contributed by atoms with van der Waals surface area (Å²) in [5.41, 5.74) is 2.28. The van der Waals surface area contributed by atoms with Gasteiger partial charge in [0.1, 0.15) is 5.82 Å². The van der Waals surface area contributed by atoms with Gasteiger partial charge in [0.2, 0.25) is 0 Å². The standard InChI is InChI=1S/C17H22FN3O/c1-2-21-11-13(10-19-21)7-8-20-12-16(22)9-17(20)14-3-5-15(18)6-4-14/h3-6,10-11,16-17,22H,2,7-9,12H2,1H3/t16-,17-/m0/s1. The Morgan fingerprint density at radius 2 is 2.09 bits per heavy atom. The Labute approximate surface area is 130 Å². The number of likely N-dealkylation sites (tertiary alicyclic amines) is 1. The fourth-order valence-corrected chi connectivity index (χ4v) is 3.14. The molecular formula is C17H22FN3O. The van der Waals surface area contributed by atoms with E-state index in [-0.39, 0.29) is 18.0 Å². The molecule has 118 valence electrons. The molecule has 0 amide bonds. The topological polar surface area (TPSA) is 41.3 Å². The van der Waals surface area contributed by atoms with E-state index < -0.39 is 0 Å². The van der Waals surface area contributed by atoms with Crippen LogP contribution in [-0.4, -0.2) is 39.0 Å². The molecule has 1 saturated heterocycles. The van der Waals surface area contributed by atoms with Gasteiger partial charge in [0.15, 0.2) is 0 Å². The summed E-state index contributed by atoms with van der Waals surface area (Å²) in [6.45, 7) is 4.48. The molecule has 0 spiro atoms. The zero-order chi connectivity index (χ0) is 15.5. The van der Waals surface area contributed by atoms with Crippen molar-refractivity contribution in [2.75, 3.05) is 13.1 Å². The molecule has 3 rings (SSSR count). The van der Waals surface area contributed by atoms with E-state index in [9.17, 15) is 9.50 Å². The number of aliphatic hydroxyl groups is 1. The number of aromatic nitrogens is 2. The first kappa shape index (κ1) is 15.2.